The Morgan fingerprint density at radius 2 is 2.00 bits per heavy atom. The number of halogens is 1. The third-order valence-electron chi connectivity index (χ3n) is 4.38. The molecule has 1 aliphatic rings. The van der Waals surface area contributed by atoms with Gasteiger partial charge in [-0.3, -0.25) is 4.79 Å². The number of carbonyl (C=O) groups is 1. The van der Waals surface area contributed by atoms with Gasteiger partial charge >= 0.3 is 0 Å². The summed E-state index contributed by atoms with van der Waals surface area (Å²) in [4.78, 5) is 12.3. The Balaban J connectivity index is 1.78. The van der Waals surface area contributed by atoms with Crippen molar-refractivity contribution in [3.63, 3.8) is 0 Å². The van der Waals surface area contributed by atoms with Crippen LogP contribution in [0.2, 0.25) is 0 Å². The highest BCUT2D eigenvalue weighted by Gasteiger charge is 2.26. The van der Waals surface area contributed by atoms with Gasteiger partial charge in [0, 0.05) is 24.3 Å². The molecule has 0 fully saturated rings. The maximum Gasteiger partial charge on any atom is 0.255 e. The second kappa shape index (κ2) is 7.55. The highest BCUT2D eigenvalue weighted by atomic mass is 32.2. The number of nitrogens with one attached hydrogen (secondary N) is 1. The number of hydrogen-bond acceptors (Lipinski definition) is 3. The van der Waals surface area contributed by atoms with E-state index in [-0.39, 0.29) is 11.3 Å². The minimum atomic E-state index is -3.26. The topological polar surface area (TPSA) is 66.5 Å². The smallest absolute Gasteiger partial charge is 0.255 e. The summed E-state index contributed by atoms with van der Waals surface area (Å²) in [5.41, 5.74) is 2.76. The molecule has 0 aromatic heterocycles. The molecule has 1 aliphatic heterocycles. The van der Waals surface area contributed by atoms with Gasteiger partial charge in [-0.1, -0.05) is 19.1 Å². The molecule has 3 rings (SSSR count). The van der Waals surface area contributed by atoms with Crippen molar-refractivity contribution in [1.29, 1.82) is 0 Å². The fraction of sp³-hybridized carbons (Fsp3) is 0.316. The highest BCUT2D eigenvalue weighted by molar-refractivity contribution is 7.89. The van der Waals surface area contributed by atoms with Crippen LogP contribution in [0.1, 0.15) is 34.8 Å². The van der Waals surface area contributed by atoms with Gasteiger partial charge in [0.25, 0.3) is 5.91 Å². The van der Waals surface area contributed by atoms with Crippen molar-refractivity contribution in [2.45, 2.75) is 26.3 Å². The van der Waals surface area contributed by atoms with Gasteiger partial charge in [-0.05, 0) is 54.3 Å². The first-order valence-electron chi connectivity index (χ1n) is 8.55. The number of nitrogens with zero attached hydrogens (tertiary/aromatic N) is 1. The molecule has 1 heterocycles. The van der Waals surface area contributed by atoms with E-state index in [1.165, 1.54) is 28.6 Å². The largest absolute Gasteiger partial charge is 0.322 e. The molecule has 138 valence electrons. The summed E-state index contributed by atoms with van der Waals surface area (Å²) in [6.45, 7) is 2.63. The Bertz CT molecular complexity index is 928. The Kier molecular flexibility index (Phi) is 5.38. The molecule has 26 heavy (non-hydrogen) atoms. The van der Waals surface area contributed by atoms with Crippen LogP contribution in [0.25, 0.3) is 0 Å². The number of fused-ring (bicyclic) bond motifs is 1. The molecule has 2 aromatic carbocycles. The van der Waals surface area contributed by atoms with E-state index >= 15 is 0 Å². The number of hydrogen-bond donors (Lipinski definition) is 1. The van der Waals surface area contributed by atoms with E-state index in [4.69, 9.17) is 0 Å². The average Bonchev–Trinajstić information content (AvgIpc) is 2.61. The molecule has 0 spiro atoms. The molecular weight excluding hydrogens is 355 g/mol. The van der Waals surface area contributed by atoms with E-state index in [0.29, 0.717) is 31.6 Å². The molecule has 0 aliphatic carbocycles. The Hall–Kier alpha value is -2.25. The molecule has 1 N–H and O–H groups in total. The van der Waals surface area contributed by atoms with Gasteiger partial charge in [0.05, 0.1) is 5.75 Å². The maximum atomic E-state index is 13.3. The maximum absolute atomic E-state index is 13.3. The zero-order valence-electron chi connectivity index (χ0n) is 14.5. The summed E-state index contributed by atoms with van der Waals surface area (Å²) in [6, 6.07) is 10.9. The fourth-order valence-corrected chi connectivity index (χ4v) is 4.55. The second-order valence-corrected chi connectivity index (χ2v) is 8.44. The summed E-state index contributed by atoms with van der Waals surface area (Å²) >= 11 is 0. The van der Waals surface area contributed by atoms with E-state index in [0.717, 1.165) is 11.1 Å². The standard InChI is InChI=1S/C19H21FN2O3S/c1-2-10-26(24,25)22-9-8-14-6-7-18(12-16(14)13-22)21-19(23)15-4-3-5-17(20)11-15/h3-7,11-12H,2,8-10,13H2,1H3,(H,21,23). The van der Waals surface area contributed by atoms with Crippen molar-refractivity contribution in [2.24, 2.45) is 0 Å². The number of amides is 1. The zero-order valence-corrected chi connectivity index (χ0v) is 15.4. The summed E-state index contributed by atoms with van der Waals surface area (Å²) < 4.78 is 39.4. The molecule has 7 heteroatoms. The number of benzene rings is 2. The third kappa shape index (κ3) is 4.11. The van der Waals surface area contributed by atoms with Crippen molar-refractivity contribution in [2.75, 3.05) is 17.6 Å². The van der Waals surface area contributed by atoms with Gasteiger partial charge < -0.3 is 5.32 Å². The minimum absolute atomic E-state index is 0.137. The fourth-order valence-electron chi connectivity index (χ4n) is 3.07. The van der Waals surface area contributed by atoms with Crippen LogP contribution in [0.4, 0.5) is 10.1 Å². The first-order valence-corrected chi connectivity index (χ1v) is 10.2. The van der Waals surface area contributed by atoms with Crippen molar-refractivity contribution in [3.8, 4) is 0 Å². The van der Waals surface area contributed by atoms with Gasteiger partial charge in [0.1, 0.15) is 5.82 Å². The number of carbonyl (C=O) groups excluding carboxylic acids is 1. The molecule has 0 saturated heterocycles. The SMILES string of the molecule is CCCS(=O)(=O)N1CCc2ccc(NC(=O)c3cccc(F)c3)cc2C1. The normalized spacial score (nSPS) is 14.7. The zero-order chi connectivity index (χ0) is 18.7. The van der Waals surface area contributed by atoms with Gasteiger partial charge in [-0.2, -0.15) is 4.31 Å². The van der Waals surface area contributed by atoms with E-state index in [1.54, 1.807) is 12.1 Å². The molecule has 0 atom stereocenters. The van der Waals surface area contributed by atoms with Crippen LogP contribution in [-0.4, -0.2) is 30.9 Å². The van der Waals surface area contributed by atoms with E-state index in [1.807, 2.05) is 13.0 Å². The molecule has 0 bridgehead atoms. The monoisotopic (exact) mass is 376 g/mol. The highest BCUT2D eigenvalue weighted by Crippen LogP contribution is 2.25. The Labute approximate surface area is 152 Å². The summed E-state index contributed by atoms with van der Waals surface area (Å²) in [6.07, 6.45) is 1.23. The van der Waals surface area contributed by atoms with Crippen LogP contribution >= 0.6 is 0 Å². The van der Waals surface area contributed by atoms with E-state index in [9.17, 15) is 17.6 Å². The molecular formula is C19H21FN2O3S. The lowest BCUT2D eigenvalue weighted by Gasteiger charge is -2.28. The lowest BCUT2D eigenvalue weighted by atomic mass is 10.0. The van der Waals surface area contributed by atoms with Crippen LogP contribution in [0.5, 0.6) is 0 Å². The Morgan fingerprint density at radius 3 is 2.73 bits per heavy atom. The summed E-state index contributed by atoms with van der Waals surface area (Å²) in [7, 11) is -3.26. The van der Waals surface area contributed by atoms with Crippen LogP contribution in [-0.2, 0) is 23.0 Å². The van der Waals surface area contributed by atoms with Crippen LogP contribution < -0.4 is 5.32 Å². The van der Waals surface area contributed by atoms with Gasteiger partial charge in [0.2, 0.25) is 10.0 Å². The second-order valence-electron chi connectivity index (χ2n) is 6.35. The first kappa shape index (κ1) is 18.5. The molecule has 0 unspecified atom stereocenters. The van der Waals surface area contributed by atoms with E-state index < -0.39 is 21.7 Å². The van der Waals surface area contributed by atoms with E-state index in [2.05, 4.69) is 5.32 Å². The van der Waals surface area contributed by atoms with Gasteiger partial charge in [0.15, 0.2) is 0 Å². The van der Waals surface area contributed by atoms with Crippen molar-refractivity contribution in [3.05, 3.63) is 65.0 Å². The molecule has 5 nitrogen and oxygen atoms in total. The first-order chi connectivity index (χ1) is 12.4. The predicted molar refractivity (Wildman–Crippen MR) is 99.0 cm³/mol. The predicted octanol–water partition coefficient (Wildman–Crippen LogP) is 3.18. The number of anilines is 1. The van der Waals surface area contributed by atoms with Crippen LogP contribution in [0.15, 0.2) is 42.5 Å². The van der Waals surface area contributed by atoms with Crippen molar-refractivity contribution < 1.29 is 17.6 Å². The molecule has 2 aromatic rings. The molecule has 0 radical (unpaired) electrons. The minimum Gasteiger partial charge on any atom is -0.322 e. The van der Waals surface area contributed by atoms with Crippen molar-refractivity contribution >= 4 is 21.6 Å². The molecule has 1 amide bonds. The lowest BCUT2D eigenvalue weighted by Crippen LogP contribution is -2.37. The Morgan fingerprint density at radius 1 is 1.19 bits per heavy atom. The molecule has 0 saturated carbocycles. The van der Waals surface area contributed by atoms with Gasteiger partial charge in [-0.15, -0.1) is 0 Å². The van der Waals surface area contributed by atoms with Crippen LogP contribution in [0.3, 0.4) is 0 Å². The lowest BCUT2D eigenvalue weighted by molar-refractivity contribution is 0.102. The van der Waals surface area contributed by atoms with Gasteiger partial charge in [-0.25, -0.2) is 12.8 Å². The number of sulfonamides is 1. The summed E-state index contributed by atoms with van der Waals surface area (Å²) in [5.74, 6) is -0.742. The third-order valence-corrected chi connectivity index (χ3v) is 6.41. The quantitative estimate of drug-likeness (QED) is 0.872. The number of rotatable bonds is 5. The summed E-state index contributed by atoms with van der Waals surface area (Å²) in [5, 5.41) is 2.74. The van der Waals surface area contributed by atoms with Crippen molar-refractivity contribution in [1.82, 2.24) is 4.31 Å². The average molecular weight is 376 g/mol. The van der Waals surface area contributed by atoms with Crippen LogP contribution in [0, 0.1) is 5.82 Å².